The van der Waals surface area contributed by atoms with Gasteiger partial charge in [-0.15, -0.1) is 0 Å². The van der Waals surface area contributed by atoms with E-state index in [0.29, 0.717) is 4.99 Å². The van der Waals surface area contributed by atoms with Crippen molar-refractivity contribution in [3.05, 3.63) is 0 Å². The van der Waals surface area contributed by atoms with Gasteiger partial charge in [-0.3, -0.25) is 4.79 Å². The molecule has 88 valence electrons. The van der Waals surface area contributed by atoms with Gasteiger partial charge < -0.3 is 15.8 Å². The smallest absolute Gasteiger partial charge is 0.246 e. The van der Waals surface area contributed by atoms with Gasteiger partial charge in [-0.05, 0) is 20.3 Å². The van der Waals surface area contributed by atoms with Crippen molar-refractivity contribution in [2.24, 2.45) is 5.73 Å². The van der Waals surface area contributed by atoms with Crippen LogP contribution in [-0.2, 0) is 9.53 Å². The van der Waals surface area contributed by atoms with Crippen molar-refractivity contribution in [1.29, 1.82) is 0 Å². The van der Waals surface area contributed by atoms with Crippen LogP contribution in [0.1, 0.15) is 33.6 Å². The Hall–Kier alpha value is -0.680. The van der Waals surface area contributed by atoms with Gasteiger partial charge in [-0.25, -0.2) is 0 Å². The van der Waals surface area contributed by atoms with Crippen LogP contribution in [0.5, 0.6) is 0 Å². The number of rotatable bonds is 7. The molecule has 1 unspecified atom stereocenters. The van der Waals surface area contributed by atoms with Crippen LogP contribution < -0.4 is 11.1 Å². The van der Waals surface area contributed by atoms with E-state index in [0.717, 1.165) is 12.8 Å². The van der Waals surface area contributed by atoms with Crippen molar-refractivity contribution in [3.8, 4) is 0 Å². The van der Waals surface area contributed by atoms with E-state index in [1.807, 2.05) is 20.8 Å². The fraction of sp³-hybridized carbons (Fsp3) is 0.800. The van der Waals surface area contributed by atoms with Gasteiger partial charge in [0.25, 0.3) is 0 Å². The maximum absolute atomic E-state index is 11.4. The van der Waals surface area contributed by atoms with Gasteiger partial charge in [0.2, 0.25) is 5.91 Å². The fourth-order valence-electron chi connectivity index (χ4n) is 1.05. The minimum Gasteiger partial charge on any atom is -0.392 e. The highest BCUT2D eigenvalue weighted by molar-refractivity contribution is 7.80. The lowest BCUT2D eigenvalue weighted by Crippen LogP contribution is -2.45. The Balaban J connectivity index is 3.94. The van der Waals surface area contributed by atoms with Gasteiger partial charge in [0.05, 0.1) is 17.1 Å². The third-order valence-electron chi connectivity index (χ3n) is 1.80. The number of carbonyl (C=O) groups excluding carboxylic acids is 1. The molecule has 5 heteroatoms. The third kappa shape index (κ3) is 7.27. The zero-order valence-electron chi connectivity index (χ0n) is 9.58. The summed E-state index contributed by atoms with van der Waals surface area (Å²) < 4.78 is 5.17. The largest absolute Gasteiger partial charge is 0.392 e. The van der Waals surface area contributed by atoms with E-state index < -0.39 is 0 Å². The predicted molar refractivity (Wildman–Crippen MR) is 64.7 cm³/mol. The summed E-state index contributed by atoms with van der Waals surface area (Å²) in [5.74, 6) is -0.171. The van der Waals surface area contributed by atoms with Gasteiger partial charge in [-0.1, -0.05) is 25.6 Å². The van der Waals surface area contributed by atoms with Gasteiger partial charge in [0.15, 0.2) is 0 Å². The molecule has 0 rings (SSSR count). The first kappa shape index (κ1) is 14.3. The van der Waals surface area contributed by atoms with E-state index in [4.69, 9.17) is 22.7 Å². The first-order valence-corrected chi connectivity index (χ1v) is 5.58. The molecule has 0 aromatic rings. The first-order valence-electron chi connectivity index (χ1n) is 5.17. The second-order valence-corrected chi connectivity index (χ2v) is 4.14. The summed E-state index contributed by atoms with van der Waals surface area (Å²) in [5.41, 5.74) is 5.50. The molecule has 0 radical (unpaired) electrons. The number of ether oxygens (including phenoxy) is 1. The standard InChI is InChI=1S/C10H20N2O2S/c1-4-5-8(10(11)15)12-9(13)6-14-7(2)3/h7-8H,4-6H2,1-3H3,(H2,11,15)(H,12,13). The highest BCUT2D eigenvalue weighted by Gasteiger charge is 2.14. The Kier molecular flexibility index (Phi) is 7.25. The van der Waals surface area contributed by atoms with Crippen molar-refractivity contribution in [2.45, 2.75) is 45.8 Å². The fourth-order valence-corrected chi connectivity index (χ4v) is 1.23. The third-order valence-corrected chi connectivity index (χ3v) is 2.09. The highest BCUT2D eigenvalue weighted by atomic mass is 32.1. The number of nitrogens with one attached hydrogen (secondary N) is 1. The van der Waals surface area contributed by atoms with Crippen molar-refractivity contribution in [2.75, 3.05) is 6.61 Å². The first-order chi connectivity index (χ1) is 6.97. The summed E-state index contributed by atoms with van der Waals surface area (Å²) in [4.78, 5) is 11.7. The van der Waals surface area contributed by atoms with Gasteiger partial charge in [0, 0.05) is 0 Å². The molecule has 0 heterocycles. The molecule has 4 nitrogen and oxygen atoms in total. The summed E-state index contributed by atoms with van der Waals surface area (Å²) in [7, 11) is 0. The number of carbonyl (C=O) groups is 1. The molecular formula is C10H20N2O2S. The second kappa shape index (κ2) is 7.59. The molecule has 0 fully saturated rings. The van der Waals surface area contributed by atoms with Crippen LogP contribution in [0.15, 0.2) is 0 Å². The molecule has 15 heavy (non-hydrogen) atoms. The Morgan fingerprint density at radius 1 is 1.53 bits per heavy atom. The number of amides is 1. The number of nitrogens with two attached hydrogens (primary N) is 1. The summed E-state index contributed by atoms with van der Waals surface area (Å²) in [6, 6.07) is -0.215. The molecule has 1 amide bonds. The number of hydrogen-bond acceptors (Lipinski definition) is 3. The van der Waals surface area contributed by atoms with E-state index in [1.54, 1.807) is 0 Å². The zero-order chi connectivity index (χ0) is 11.8. The lowest BCUT2D eigenvalue weighted by atomic mass is 10.1. The molecule has 0 aromatic heterocycles. The number of hydrogen-bond donors (Lipinski definition) is 2. The normalized spacial score (nSPS) is 12.5. The van der Waals surface area contributed by atoms with Crippen LogP contribution in [0.25, 0.3) is 0 Å². The van der Waals surface area contributed by atoms with Crippen LogP contribution in [0.3, 0.4) is 0 Å². The second-order valence-electron chi connectivity index (χ2n) is 3.67. The molecular weight excluding hydrogens is 212 g/mol. The van der Waals surface area contributed by atoms with E-state index in [9.17, 15) is 4.79 Å². The lowest BCUT2D eigenvalue weighted by Gasteiger charge is -2.17. The molecule has 1 atom stereocenters. The van der Waals surface area contributed by atoms with Crippen LogP contribution in [0.2, 0.25) is 0 Å². The molecule has 0 aliphatic heterocycles. The van der Waals surface area contributed by atoms with Gasteiger partial charge in [-0.2, -0.15) is 0 Å². The maximum Gasteiger partial charge on any atom is 0.246 e. The van der Waals surface area contributed by atoms with E-state index >= 15 is 0 Å². The summed E-state index contributed by atoms with van der Waals surface area (Å²) in [5, 5.41) is 2.74. The average Bonchev–Trinajstić information content (AvgIpc) is 2.14. The SMILES string of the molecule is CCCC(NC(=O)COC(C)C)C(N)=S. The van der Waals surface area contributed by atoms with E-state index in [2.05, 4.69) is 5.32 Å². The molecule has 0 saturated heterocycles. The Morgan fingerprint density at radius 3 is 2.53 bits per heavy atom. The predicted octanol–water partition coefficient (Wildman–Crippen LogP) is 0.982. The Bertz CT molecular complexity index is 219. The number of thiocarbonyl (C=S) groups is 1. The molecule has 0 aliphatic carbocycles. The molecule has 3 N–H and O–H groups in total. The van der Waals surface area contributed by atoms with Crippen molar-refractivity contribution >= 4 is 23.1 Å². The minimum absolute atomic E-state index is 0.0465. The van der Waals surface area contributed by atoms with Gasteiger partial charge >= 0.3 is 0 Å². The van der Waals surface area contributed by atoms with Crippen molar-refractivity contribution in [3.63, 3.8) is 0 Å². The molecule has 0 saturated carbocycles. The molecule has 0 bridgehead atoms. The molecule has 0 spiro atoms. The van der Waals surface area contributed by atoms with Crippen LogP contribution in [-0.4, -0.2) is 29.6 Å². The van der Waals surface area contributed by atoms with Crippen LogP contribution >= 0.6 is 12.2 Å². The molecule has 0 aliphatic rings. The highest BCUT2D eigenvalue weighted by Crippen LogP contribution is 1.97. The summed E-state index contributed by atoms with van der Waals surface area (Å²) in [6.07, 6.45) is 1.74. The quantitative estimate of drug-likeness (QED) is 0.642. The summed E-state index contributed by atoms with van der Waals surface area (Å²) >= 11 is 4.86. The maximum atomic E-state index is 11.4. The van der Waals surface area contributed by atoms with Crippen molar-refractivity contribution < 1.29 is 9.53 Å². The molecule has 0 aromatic carbocycles. The average molecular weight is 232 g/mol. The minimum atomic E-state index is -0.215. The van der Waals surface area contributed by atoms with Gasteiger partial charge in [0.1, 0.15) is 6.61 Å². The summed E-state index contributed by atoms with van der Waals surface area (Å²) in [6.45, 7) is 5.83. The monoisotopic (exact) mass is 232 g/mol. The van der Waals surface area contributed by atoms with Crippen LogP contribution in [0, 0.1) is 0 Å². The lowest BCUT2D eigenvalue weighted by molar-refractivity contribution is -0.127. The van der Waals surface area contributed by atoms with Crippen molar-refractivity contribution in [1.82, 2.24) is 5.32 Å². The zero-order valence-corrected chi connectivity index (χ0v) is 10.4. The van der Waals surface area contributed by atoms with E-state index in [-0.39, 0.29) is 24.7 Å². The Labute approximate surface area is 96.5 Å². The van der Waals surface area contributed by atoms with E-state index in [1.165, 1.54) is 0 Å². The Morgan fingerprint density at radius 2 is 2.13 bits per heavy atom. The topological polar surface area (TPSA) is 64.3 Å². The van der Waals surface area contributed by atoms with Crippen LogP contribution in [0.4, 0.5) is 0 Å².